The fourth-order valence-electron chi connectivity index (χ4n) is 3.19. The molecule has 2 aromatic carbocycles. The minimum absolute atomic E-state index is 0.366. The SMILES string of the molecule is Cc1ccccc1CN1CCN(Cc2cccc(C(=O)O)c2)CC1. The molecular weight excluding hydrogens is 300 g/mol. The Morgan fingerprint density at radius 2 is 1.62 bits per heavy atom. The van der Waals surface area contributed by atoms with E-state index >= 15 is 0 Å². The minimum Gasteiger partial charge on any atom is -0.478 e. The molecule has 0 saturated carbocycles. The molecule has 0 atom stereocenters. The zero-order chi connectivity index (χ0) is 16.9. The van der Waals surface area contributed by atoms with Gasteiger partial charge in [-0.05, 0) is 35.7 Å². The Bertz CT molecular complexity index is 706. The number of aryl methyl sites for hydroxylation is 1. The number of aromatic carboxylic acids is 1. The molecule has 0 unspecified atom stereocenters. The Kier molecular flexibility index (Phi) is 5.28. The van der Waals surface area contributed by atoms with Crippen LogP contribution in [0.2, 0.25) is 0 Å². The van der Waals surface area contributed by atoms with Crippen molar-refractivity contribution in [1.82, 2.24) is 9.80 Å². The van der Waals surface area contributed by atoms with Crippen LogP contribution in [0.4, 0.5) is 0 Å². The monoisotopic (exact) mass is 324 g/mol. The number of carboxylic acid groups (broad SMARTS) is 1. The minimum atomic E-state index is -0.861. The average Bonchev–Trinajstić information content (AvgIpc) is 2.59. The molecule has 3 rings (SSSR count). The quantitative estimate of drug-likeness (QED) is 0.918. The van der Waals surface area contributed by atoms with Crippen molar-refractivity contribution in [2.45, 2.75) is 20.0 Å². The number of rotatable bonds is 5. The van der Waals surface area contributed by atoms with Crippen LogP contribution >= 0.6 is 0 Å². The smallest absolute Gasteiger partial charge is 0.335 e. The molecule has 4 nitrogen and oxygen atoms in total. The molecule has 1 aliphatic heterocycles. The summed E-state index contributed by atoms with van der Waals surface area (Å²) in [6, 6.07) is 15.8. The number of hydrogen-bond acceptors (Lipinski definition) is 3. The highest BCUT2D eigenvalue weighted by Crippen LogP contribution is 2.14. The van der Waals surface area contributed by atoms with E-state index in [9.17, 15) is 4.79 Å². The van der Waals surface area contributed by atoms with E-state index in [0.717, 1.165) is 44.8 Å². The van der Waals surface area contributed by atoms with Crippen molar-refractivity contribution < 1.29 is 9.90 Å². The highest BCUT2D eigenvalue weighted by atomic mass is 16.4. The molecule has 0 bridgehead atoms. The van der Waals surface area contributed by atoms with Crippen LogP contribution in [-0.4, -0.2) is 47.1 Å². The Hall–Kier alpha value is -2.17. The molecule has 0 radical (unpaired) electrons. The van der Waals surface area contributed by atoms with Gasteiger partial charge in [0.15, 0.2) is 0 Å². The van der Waals surface area contributed by atoms with Gasteiger partial charge in [-0.25, -0.2) is 4.79 Å². The normalized spacial score (nSPS) is 16.2. The maximum absolute atomic E-state index is 11.1. The van der Waals surface area contributed by atoms with Gasteiger partial charge in [0.25, 0.3) is 0 Å². The zero-order valence-electron chi connectivity index (χ0n) is 14.1. The second kappa shape index (κ2) is 7.60. The van der Waals surface area contributed by atoms with Crippen molar-refractivity contribution in [3.05, 3.63) is 70.8 Å². The first-order chi connectivity index (χ1) is 11.6. The standard InChI is InChI=1S/C20H24N2O2/c1-16-5-2-3-7-19(16)15-22-11-9-21(10-12-22)14-17-6-4-8-18(13-17)20(23)24/h2-8,13H,9-12,14-15H2,1H3,(H,23,24). The van der Waals surface area contributed by atoms with Gasteiger partial charge in [-0.3, -0.25) is 9.80 Å². The van der Waals surface area contributed by atoms with Gasteiger partial charge in [0, 0.05) is 39.3 Å². The average molecular weight is 324 g/mol. The number of benzene rings is 2. The first-order valence-electron chi connectivity index (χ1n) is 8.43. The van der Waals surface area contributed by atoms with E-state index in [0.29, 0.717) is 5.56 Å². The summed E-state index contributed by atoms with van der Waals surface area (Å²) >= 11 is 0. The predicted molar refractivity (Wildman–Crippen MR) is 95.1 cm³/mol. The van der Waals surface area contributed by atoms with Crippen LogP contribution < -0.4 is 0 Å². The van der Waals surface area contributed by atoms with Crippen LogP contribution in [0.25, 0.3) is 0 Å². The predicted octanol–water partition coefficient (Wildman–Crippen LogP) is 3.01. The van der Waals surface area contributed by atoms with E-state index < -0.39 is 5.97 Å². The molecule has 0 aliphatic carbocycles. The molecule has 0 spiro atoms. The van der Waals surface area contributed by atoms with E-state index in [4.69, 9.17) is 5.11 Å². The van der Waals surface area contributed by atoms with Crippen molar-refractivity contribution in [2.75, 3.05) is 26.2 Å². The number of carboxylic acids is 1. The molecule has 4 heteroatoms. The van der Waals surface area contributed by atoms with Crippen LogP contribution in [0.1, 0.15) is 27.0 Å². The number of nitrogens with zero attached hydrogens (tertiary/aromatic N) is 2. The Morgan fingerprint density at radius 1 is 0.958 bits per heavy atom. The maximum Gasteiger partial charge on any atom is 0.335 e. The van der Waals surface area contributed by atoms with Gasteiger partial charge in [0.1, 0.15) is 0 Å². The second-order valence-electron chi connectivity index (χ2n) is 6.48. The third kappa shape index (κ3) is 4.22. The summed E-state index contributed by atoms with van der Waals surface area (Å²) in [4.78, 5) is 16.0. The van der Waals surface area contributed by atoms with E-state index in [-0.39, 0.29) is 0 Å². The highest BCUT2D eigenvalue weighted by Gasteiger charge is 2.17. The summed E-state index contributed by atoms with van der Waals surface area (Å²) in [6.45, 7) is 8.13. The van der Waals surface area contributed by atoms with Crippen molar-refractivity contribution in [2.24, 2.45) is 0 Å². The van der Waals surface area contributed by atoms with Gasteiger partial charge in [-0.2, -0.15) is 0 Å². The molecule has 24 heavy (non-hydrogen) atoms. The van der Waals surface area contributed by atoms with Gasteiger partial charge >= 0.3 is 5.97 Å². The molecule has 1 N–H and O–H groups in total. The van der Waals surface area contributed by atoms with Crippen LogP contribution in [0, 0.1) is 6.92 Å². The van der Waals surface area contributed by atoms with E-state index in [1.165, 1.54) is 11.1 Å². The van der Waals surface area contributed by atoms with Crippen molar-refractivity contribution in [1.29, 1.82) is 0 Å². The molecule has 0 aromatic heterocycles. The number of carbonyl (C=O) groups is 1. The third-order valence-electron chi connectivity index (χ3n) is 4.70. The number of hydrogen-bond donors (Lipinski definition) is 1. The molecule has 1 fully saturated rings. The Balaban J connectivity index is 1.53. The van der Waals surface area contributed by atoms with Crippen molar-refractivity contribution >= 4 is 5.97 Å². The van der Waals surface area contributed by atoms with Crippen LogP contribution in [0.3, 0.4) is 0 Å². The summed E-state index contributed by atoms with van der Waals surface area (Å²) in [6.07, 6.45) is 0. The molecular formula is C20H24N2O2. The topological polar surface area (TPSA) is 43.8 Å². The van der Waals surface area contributed by atoms with E-state index in [2.05, 4.69) is 41.0 Å². The van der Waals surface area contributed by atoms with Gasteiger partial charge in [-0.15, -0.1) is 0 Å². The summed E-state index contributed by atoms with van der Waals surface area (Å²) in [5.41, 5.74) is 4.19. The van der Waals surface area contributed by atoms with Crippen LogP contribution in [0.5, 0.6) is 0 Å². The summed E-state index contributed by atoms with van der Waals surface area (Å²) < 4.78 is 0. The summed E-state index contributed by atoms with van der Waals surface area (Å²) in [5.74, 6) is -0.861. The Labute approximate surface area is 143 Å². The van der Waals surface area contributed by atoms with Gasteiger partial charge < -0.3 is 5.11 Å². The first-order valence-corrected chi connectivity index (χ1v) is 8.43. The maximum atomic E-state index is 11.1. The van der Waals surface area contributed by atoms with E-state index in [1.54, 1.807) is 12.1 Å². The lowest BCUT2D eigenvalue weighted by Crippen LogP contribution is -2.45. The molecule has 1 heterocycles. The highest BCUT2D eigenvalue weighted by molar-refractivity contribution is 5.87. The van der Waals surface area contributed by atoms with Gasteiger partial charge in [-0.1, -0.05) is 36.4 Å². The molecule has 1 aliphatic rings. The van der Waals surface area contributed by atoms with E-state index in [1.807, 2.05) is 12.1 Å². The van der Waals surface area contributed by atoms with Crippen LogP contribution in [0.15, 0.2) is 48.5 Å². The molecule has 2 aromatic rings. The largest absolute Gasteiger partial charge is 0.478 e. The second-order valence-corrected chi connectivity index (χ2v) is 6.48. The molecule has 126 valence electrons. The van der Waals surface area contributed by atoms with Gasteiger partial charge in [0.2, 0.25) is 0 Å². The lowest BCUT2D eigenvalue weighted by Gasteiger charge is -2.35. The number of piperazine rings is 1. The lowest BCUT2D eigenvalue weighted by atomic mass is 10.1. The fourth-order valence-corrected chi connectivity index (χ4v) is 3.19. The van der Waals surface area contributed by atoms with Gasteiger partial charge in [0.05, 0.1) is 5.56 Å². The zero-order valence-corrected chi connectivity index (χ0v) is 14.1. The summed E-state index contributed by atoms with van der Waals surface area (Å²) in [7, 11) is 0. The Morgan fingerprint density at radius 3 is 2.29 bits per heavy atom. The molecule has 0 amide bonds. The molecule has 1 saturated heterocycles. The first kappa shape index (κ1) is 16.7. The van der Waals surface area contributed by atoms with Crippen molar-refractivity contribution in [3.8, 4) is 0 Å². The van der Waals surface area contributed by atoms with Crippen LogP contribution in [-0.2, 0) is 13.1 Å². The fraction of sp³-hybridized carbons (Fsp3) is 0.350. The van der Waals surface area contributed by atoms with Crippen molar-refractivity contribution in [3.63, 3.8) is 0 Å². The summed E-state index contributed by atoms with van der Waals surface area (Å²) in [5, 5.41) is 9.09. The third-order valence-corrected chi connectivity index (χ3v) is 4.70. The lowest BCUT2D eigenvalue weighted by molar-refractivity contribution is 0.0696.